The first-order chi connectivity index (χ1) is 15.8. The van der Waals surface area contributed by atoms with E-state index in [1.165, 1.54) is 0 Å². The lowest BCUT2D eigenvalue weighted by atomic mass is 9.81. The zero-order valence-electron chi connectivity index (χ0n) is 19.4. The van der Waals surface area contributed by atoms with Crippen molar-refractivity contribution >= 4 is 23.5 Å². The van der Waals surface area contributed by atoms with Crippen LogP contribution in [-0.4, -0.2) is 60.5 Å². The van der Waals surface area contributed by atoms with Gasteiger partial charge in [-0.25, -0.2) is 19.2 Å². The summed E-state index contributed by atoms with van der Waals surface area (Å²) in [5.74, 6) is 0.241. The number of alkyl halides is 3. The highest BCUT2D eigenvalue weighted by molar-refractivity contribution is 6.20. The second-order valence-corrected chi connectivity index (χ2v) is 11.1. The molecule has 2 aliphatic heterocycles. The smallest absolute Gasteiger partial charge is 0.229 e. The van der Waals surface area contributed by atoms with Gasteiger partial charge in [-0.3, -0.25) is 15.5 Å². The van der Waals surface area contributed by atoms with Gasteiger partial charge in [-0.1, -0.05) is 0 Å². The number of hydrogen-bond donors (Lipinski definition) is 4. The summed E-state index contributed by atoms with van der Waals surface area (Å²) < 4.78 is 33.6. The van der Waals surface area contributed by atoms with Crippen LogP contribution in [0.15, 0.2) is 4.99 Å². The van der Waals surface area contributed by atoms with Gasteiger partial charge >= 0.3 is 0 Å². The average Bonchev–Trinajstić information content (AvgIpc) is 3.41. The van der Waals surface area contributed by atoms with Crippen LogP contribution in [0.4, 0.5) is 8.78 Å². The van der Waals surface area contributed by atoms with Gasteiger partial charge in [0.25, 0.3) is 0 Å². The predicted octanol–water partition coefficient (Wildman–Crippen LogP) is 3.08. The minimum atomic E-state index is -1.08. The van der Waals surface area contributed by atoms with Gasteiger partial charge in [0.05, 0.1) is 18.3 Å². The Labute approximate surface area is 200 Å². The summed E-state index contributed by atoms with van der Waals surface area (Å²) in [7, 11) is 0. The molecule has 0 aromatic rings. The van der Waals surface area contributed by atoms with Gasteiger partial charge in [-0.05, 0) is 70.6 Å². The lowest BCUT2D eigenvalue weighted by Gasteiger charge is -2.31. The first-order valence-corrected chi connectivity index (χ1v) is 12.9. The molecule has 0 spiro atoms. The lowest BCUT2D eigenvalue weighted by Crippen LogP contribution is -2.52. The number of hydrazine groups is 1. The summed E-state index contributed by atoms with van der Waals surface area (Å²) in [6.07, 6.45) is 4.20. The molecule has 4 N–H and O–H groups in total. The second kappa shape index (κ2) is 11.1. The molecule has 4 fully saturated rings. The van der Waals surface area contributed by atoms with Crippen molar-refractivity contribution in [2.24, 2.45) is 16.8 Å². The van der Waals surface area contributed by atoms with E-state index in [1.54, 1.807) is 0 Å². The molecule has 5 unspecified atom stereocenters. The third-order valence-corrected chi connectivity index (χ3v) is 8.02. The largest absolute Gasteiger partial charge is 0.373 e. The number of guanidine groups is 1. The molecule has 2 saturated carbocycles. The molecule has 2 aliphatic carbocycles. The summed E-state index contributed by atoms with van der Waals surface area (Å²) in [5, 5.41) is 6.45. The molecule has 0 aromatic heterocycles. The summed E-state index contributed by atoms with van der Waals surface area (Å²) in [6.45, 7) is 3.22. The molecule has 5 atom stereocenters. The fraction of sp³-hybridized carbons (Fsp3) is 0.913. The molecule has 1 amide bonds. The first-order valence-electron chi connectivity index (χ1n) is 12.5. The highest BCUT2D eigenvalue weighted by Gasteiger charge is 2.38. The van der Waals surface area contributed by atoms with E-state index in [2.05, 4.69) is 26.5 Å². The summed E-state index contributed by atoms with van der Waals surface area (Å²) in [6, 6.07) is -0.0362. The minimum Gasteiger partial charge on any atom is -0.373 e. The maximum Gasteiger partial charge on any atom is 0.229 e. The molecule has 2 heterocycles. The standard InChI is InChI=1S/C23H38ClF2N5O2/c1-23(7-2-8-33-23)13-27-22(29-21(32)14-3-5-16(24)6-4-14)28-20-12-19(30-31-20)15-9-17(25)11-18(26)10-15/h14-20,30-31H,2-13H2,1H3,(H2,27,28,29,32). The third kappa shape index (κ3) is 6.99. The minimum absolute atomic E-state index is 0.00757. The molecular formula is C23H38ClF2N5O2. The van der Waals surface area contributed by atoms with Gasteiger partial charge in [-0.15, -0.1) is 11.6 Å². The van der Waals surface area contributed by atoms with E-state index < -0.39 is 12.3 Å². The van der Waals surface area contributed by atoms with Crippen LogP contribution in [0.25, 0.3) is 0 Å². The number of ether oxygens (including phenoxy) is 1. The summed E-state index contributed by atoms with van der Waals surface area (Å²) in [5.41, 5.74) is 6.04. The number of rotatable bonds is 5. The molecular weight excluding hydrogens is 452 g/mol. The number of hydrogen-bond acceptors (Lipinski definition) is 5. The van der Waals surface area contributed by atoms with Crippen molar-refractivity contribution in [3.05, 3.63) is 0 Å². The van der Waals surface area contributed by atoms with Crippen LogP contribution in [0.1, 0.15) is 71.1 Å². The molecule has 0 radical (unpaired) electrons. The quantitative estimate of drug-likeness (QED) is 0.271. The molecule has 4 aliphatic rings. The molecule has 7 nitrogen and oxygen atoms in total. The van der Waals surface area contributed by atoms with Crippen molar-refractivity contribution in [2.45, 2.75) is 107 Å². The lowest BCUT2D eigenvalue weighted by molar-refractivity contribution is -0.124. The molecule has 4 rings (SSSR count). The fourth-order valence-electron chi connectivity index (χ4n) is 5.56. The van der Waals surface area contributed by atoms with Crippen LogP contribution in [0.2, 0.25) is 0 Å². The number of carbonyl (C=O) groups excluding carboxylic acids is 1. The van der Waals surface area contributed by atoms with Gasteiger partial charge < -0.3 is 10.1 Å². The van der Waals surface area contributed by atoms with Gasteiger partial charge in [0.2, 0.25) is 5.91 Å². The van der Waals surface area contributed by atoms with E-state index in [4.69, 9.17) is 16.3 Å². The number of aliphatic imine (C=N–C) groups is 1. The number of nitrogens with zero attached hydrogens (tertiary/aromatic N) is 1. The molecule has 2 saturated heterocycles. The van der Waals surface area contributed by atoms with Gasteiger partial charge in [0.15, 0.2) is 5.96 Å². The topological polar surface area (TPSA) is 86.8 Å². The van der Waals surface area contributed by atoms with E-state index >= 15 is 0 Å². The monoisotopic (exact) mass is 489 g/mol. The van der Waals surface area contributed by atoms with Crippen LogP contribution in [0.3, 0.4) is 0 Å². The maximum absolute atomic E-state index is 13.9. The number of amides is 1. The molecule has 188 valence electrons. The van der Waals surface area contributed by atoms with Crippen molar-refractivity contribution in [1.82, 2.24) is 21.5 Å². The van der Waals surface area contributed by atoms with Crippen molar-refractivity contribution in [2.75, 3.05) is 13.2 Å². The summed E-state index contributed by atoms with van der Waals surface area (Å²) in [4.78, 5) is 17.6. The van der Waals surface area contributed by atoms with Crippen LogP contribution < -0.4 is 21.5 Å². The van der Waals surface area contributed by atoms with Crippen molar-refractivity contribution in [3.8, 4) is 0 Å². The Kier molecular flexibility index (Phi) is 8.46. The Balaban J connectivity index is 1.36. The highest BCUT2D eigenvalue weighted by atomic mass is 35.5. The Morgan fingerprint density at radius 2 is 1.85 bits per heavy atom. The Bertz CT molecular complexity index is 690. The number of halogens is 3. The first kappa shape index (κ1) is 25.1. The molecule has 0 bridgehead atoms. The van der Waals surface area contributed by atoms with Gasteiger partial charge in [-0.2, -0.15) is 0 Å². The van der Waals surface area contributed by atoms with E-state index in [-0.39, 0.29) is 47.3 Å². The van der Waals surface area contributed by atoms with Gasteiger partial charge in [0.1, 0.15) is 12.3 Å². The van der Waals surface area contributed by atoms with Crippen LogP contribution in [0.5, 0.6) is 0 Å². The molecule has 0 aromatic carbocycles. The van der Waals surface area contributed by atoms with Crippen LogP contribution >= 0.6 is 11.6 Å². The van der Waals surface area contributed by atoms with E-state index in [0.29, 0.717) is 31.8 Å². The van der Waals surface area contributed by atoms with Crippen molar-refractivity contribution in [1.29, 1.82) is 0 Å². The van der Waals surface area contributed by atoms with Crippen molar-refractivity contribution in [3.63, 3.8) is 0 Å². The second-order valence-electron chi connectivity index (χ2n) is 10.5. The fourth-order valence-corrected chi connectivity index (χ4v) is 5.82. The van der Waals surface area contributed by atoms with E-state index in [1.807, 2.05) is 6.92 Å². The Hall–Kier alpha value is -1.03. The molecule has 33 heavy (non-hydrogen) atoms. The normalized spacial score (nSPS) is 42.3. The number of nitrogens with one attached hydrogen (secondary N) is 4. The predicted molar refractivity (Wildman–Crippen MR) is 124 cm³/mol. The van der Waals surface area contributed by atoms with E-state index in [0.717, 1.165) is 45.1 Å². The maximum atomic E-state index is 13.9. The Morgan fingerprint density at radius 1 is 1.12 bits per heavy atom. The zero-order chi connectivity index (χ0) is 23.4. The summed E-state index contributed by atoms with van der Waals surface area (Å²) >= 11 is 6.20. The average molecular weight is 490 g/mol. The number of carbonyl (C=O) groups is 1. The van der Waals surface area contributed by atoms with Crippen molar-refractivity contribution < 1.29 is 18.3 Å². The highest BCUT2D eigenvalue weighted by Crippen LogP contribution is 2.33. The van der Waals surface area contributed by atoms with Crippen LogP contribution in [0, 0.1) is 11.8 Å². The van der Waals surface area contributed by atoms with Gasteiger partial charge in [0, 0.05) is 30.4 Å². The third-order valence-electron chi connectivity index (χ3n) is 7.58. The zero-order valence-corrected chi connectivity index (χ0v) is 20.2. The van der Waals surface area contributed by atoms with E-state index in [9.17, 15) is 13.6 Å². The Morgan fingerprint density at radius 3 is 2.52 bits per heavy atom. The molecule has 10 heteroatoms. The van der Waals surface area contributed by atoms with Crippen LogP contribution in [-0.2, 0) is 9.53 Å². The SMILES string of the molecule is CC1(CN=C(NC(=O)C2CCC(Cl)CC2)NC2CC(C3CC(F)CC(F)C3)NN2)CCCO1.